The molecule has 98 valence electrons. The average molecular weight is 248 g/mol. The van der Waals surface area contributed by atoms with Crippen molar-refractivity contribution in [3.05, 3.63) is 30.1 Å². The SMILES string of the molecule is Cc1cnn(C2CN(C(=O)/C=C/CN(C)C)C2)c1. The Bertz CT molecular complexity index is 444. The molecule has 0 bridgehead atoms. The van der Waals surface area contributed by atoms with Gasteiger partial charge in [-0.05, 0) is 26.6 Å². The number of nitrogens with zero attached hydrogens (tertiary/aromatic N) is 4. The first-order valence-electron chi connectivity index (χ1n) is 6.17. The molecule has 0 unspecified atom stereocenters. The van der Waals surface area contributed by atoms with E-state index in [0.717, 1.165) is 25.2 Å². The first-order chi connectivity index (χ1) is 8.56. The Morgan fingerprint density at radius 2 is 2.28 bits per heavy atom. The van der Waals surface area contributed by atoms with Crippen LogP contribution in [0.25, 0.3) is 0 Å². The molecule has 0 atom stereocenters. The van der Waals surface area contributed by atoms with Gasteiger partial charge in [-0.15, -0.1) is 0 Å². The molecular weight excluding hydrogens is 228 g/mol. The van der Waals surface area contributed by atoms with E-state index in [1.165, 1.54) is 0 Å². The van der Waals surface area contributed by atoms with E-state index in [2.05, 4.69) is 5.10 Å². The zero-order valence-electron chi connectivity index (χ0n) is 11.2. The monoisotopic (exact) mass is 248 g/mol. The first kappa shape index (κ1) is 12.8. The highest BCUT2D eigenvalue weighted by molar-refractivity contribution is 5.88. The van der Waals surface area contributed by atoms with Gasteiger partial charge in [0.1, 0.15) is 0 Å². The van der Waals surface area contributed by atoms with Crippen molar-refractivity contribution in [3.63, 3.8) is 0 Å². The lowest BCUT2D eigenvalue weighted by atomic mass is 10.1. The fourth-order valence-electron chi connectivity index (χ4n) is 1.91. The maximum Gasteiger partial charge on any atom is 0.246 e. The molecule has 1 aliphatic heterocycles. The van der Waals surface area contributed by atoms with Crippen molar-refractivity contribution in [1.82, 2.24) is 19.6 Å². The lowest BCUT2D eigenvalue weighted by Crippen LogP contribution is -2.50. The highest BCUT2D eigenvalue weighted by atomic mass is 16.2. The van der Waals surface area contributed by atoms with Gasteiger partial charge in [0, 0.05) is 31.9 Å². The minimum absolute atomic E-state index is 0.0944. The summed E-state index contributed by atoms with van der Waals surface area (Å²) in [6.45, 7) is 4.33. The standard InChI is InChI=1S/C13H20N4O/c1-11-7-14-17(8-11)12-9-16(10-12)13(18)5-4-6-15(2)3/h4-5,7-8,12H,6,9-10H2,1-3H3/b5-4+. The minimum Gasteiger partial charge on any atom is -0.335 e. The molecule has 1 fully saturated rings. The van der Waals surface area contributed by atoms with Gasteiger partial charge in [-0.1, -0.05) is 6.08 Å². The van der Waals surface area contributed by atoms with Gasteiger partial charge in [0.2, 0.25) is 5.91 Å². The van der Waals surface area contributed by atoms with Gasteiger partial charge in [0.15, 0.2) is 0 Å². The van der Waals surface area contributed by atoms with Gasteiger partial charge in [-0.25, -0.2) is 0 Å². The maximum absolute atomic E-state index is 11.8. The molecule has 0 spiro atoms. The van der Waals surface area contributed by atoms with Gasteiger partial charge in [0.05, 0.1) is 12.2 Å². The van der Waals surface area contributed by atoms with Crippen molar-refractivity contribution >= 4 is 5.91 Å². The molecule has 1 aromatic rings. The lowest BCUT2D eigenvalue weighted by Gasteiger charge is -2.38. The molecule has 1 aromatic heterocycles. The number of carbonyl (C=O) groups excluding carboxylic acids is 1. The van der Waals surface area contributed by atoms with Crippen LogP contribution in [0.3, 0.4) is 0 Å². The minimum atomic E-state index is 0.0944. The van der Waals surface area contributed by atoms with E-state index >= 15 is 0 Å². The summed E-state index contributed by atoms with van der Waals surface area (Å²) in [5, 5.41) is 4.27. The smallest absolute Gasteiger partial charge is 0.246 e. The van der Waals surface area contributed by atoms with E-state index in [1.807, 2.05) is 54.0 Å². The average Bonchev–Trinajstić information content (AvgIpc) is 2.62. The van der Waals surface area contributed by atoms with Crippen molar-refractivity contribution in [2.45, 2.75) is 13.0 Å². The lowest BCUT2D eigenvalue weighted by molar-refractivity contribution is -0.131. The first-order valence-corrected chi connectivity index (χ1v) is 6.17. The Hall–Kier alpha value is -1.62. The predicted molar refractivity (Wildman–Crippen MR) is 70.3 cm³/mol. The zero-order chi connectivity index (χ0) is 13.1. The third-order valence-corrected chi connectivity index (χ3v) is 3.01. The molecule has 1 aliphatic rings. The molecule has 1 amide bonds. The summed E-state index contributed by atoms with van der Waals surface area (Å²) in [7, 11) is 3.96. The summed E-state index contributed by atoms with van der Waals surface area (Å²) >= 11 is 0. The Kier molecular flexibility index (Phi) is 3.81. The Morgan fingerprint density at radius 1 is 1.56 bits per heavy atom. The predicted octanol–water partition coefficient (Wildman–Crippen LogP) is 0.693. The summed E-state index contributed by atoms with van der Waals surface area (Å²) in [5.74, 6) is 0.0944. The number of amides is 1. The van der Waals surface area contributed by atoms with Gasteiger partial charge in [-0.2, -0.15) is 5.10 Å². The van der Waals surface area contributed by atoms with E-state index in [1.54, 1.807) is 6.08 Å². The molecule has 0 radical (unpaired) electrons. The van der Waals surface area contributed by atoms with Crippen LogP contribution in [0.2, 0.25) is 0 Å². The topological polar surface area (TPSA) is 41.4 Å². The van der Waals surface area contributed by atoms with Crippen LogP contribution >= 0.6 is 0 Å². The van der Waals surface area contributed by atoms with E-state index in [0.29, 0.717) is 6.04 Å². The van der Waals surface area contributed by atoms with Gasteiger partial charge in [0.25, 0.3) is 0 Å². The summed E-state index contributed by atoms with van der Waals surface area (Å²) in [5.41, 5.74) is 1.16. The van der Waals surface area contributed by atoms with Crippen LogP contribution in [0.5, 0.6) is 0 Å². The van der Waals surface area contributed by atoms with Gasteiger partial charge >= 0.3 is 0 Å². The normalized spacial score (nSPS) is 16.6. The summed E-state index contributed by atoms with van der Waals surface area (Å²) in [4.78, 5) is 15.6. The van der Waals surface area contributed by atoms with Crippen LogP contribution in [0, 0.1) is 6.92 Å². The van der Waals surface area contributed by atoms with Crippen LogP contribution in [0.15, 0.2) is 24.5 Å². The quantitative estimate of drug-likeness (QED) is 0.736. The molecule has 0 saturated carbocycles. The largest absolute Gasteiger partial charge is 0.335 e. The molecule has 2 heterocycles. The number of likely N-dealkylation sites (N-methyl/N-ethyl adjacent to an activating group) is 1. The highest BCUT2D eigenvalue weighted by Crippen LogP contribution is 2.20. The van der Waals surface area contributed by atoms with Crippen LogP contribution in [0.4, 0.5) is 0 Å². The second kappa shape index (κ2) is 5.35. The summed E-state index contributed by atoms with van der Waals surface area (Å²) in [6, 6.07) is 0.338. The maximum atomic E-state index is 11.8. The number of aryl methyl sites for hydroxylation is 1. The van der Waals surface area contributed by atoms with Gasteiger partial charge in [-0.3, -0.25) is 9.48 Å². The van der Waals surface area contributed by atoms with Crippen molar-refractivity contribution in [2.75, 3.05) is 33.7 Å². The van der Waals surface area contributed by atoms with E-state index in [-0.39, 0.29) is 5.91 Å². The molecule has 5 nitrogen and oxygen atoms in total. The third kappa shape index (κ3) is 2.98. The number of aromatic nitrogens is 2. The fraction of sp³-hybridized carbons (Fsp3) is 0.538. The number of carbonyl (C=O) groups is 1. The van der Waals surface area contributed by atoms with Crippen LogP contribution in [0.1, 0.15) is 11.6 Å². The van der Waals surface area contributed by atoms with Crippen LogP contribution in [-0.4, -0.2) is 59.2 Å². The molecule has 5 heteroatoms. The third-order valence-electron chi connectivity index (χ3n) is 3.01. The van der Waals surface area contributed by atoms with Crippen molar-refractivity contribution < 1.29 is 4.79 Å². The molecule has 0 aliphatic carbocycles. The number of hydrogen-bond acceptors (Lipinski definition) is 3. The second-order valence-electron chi connectivity index (χ2n) is 5.06. The molecule has 2 rings (SSSR count). The van der Waals surface area contributed by atoms with Crippen LogP contribution < -0.4 is 0 Å². The zero-order valence-corrected chi connectivity index (χ0v) is 11.2. The summed E-state index contributed by atoms with van der Waals surface area (Å²) < 4.78 is 1.95. The Balaban J connectivity index is 1.78. The Labute approximate surface area is 108 Å². The van der Waals surface area contributed by atoms with E-state index in [9.17, 15) is 4.79 Å². The number of likely N-dealkylation sites (tertiary alicyclic amines) is 1. The van der Waals surface area contributed by atoms with E-state index in [4.69, 9.17) is 0 Å². The summed E-state index contributed by atoms with van der Waals surface area (Å²) in [6.07, 6.45) is 7.42. The number of hydrogen-bond donors (Lipinski definition) is 0. The van der Waals surface area contributed by atoms with Crippen LogP contribution in [-0.2, 0) is 4.79 Å². The molecular formula is C13H20N4O. The fourth-order valence-corrected chi connectivity index (χ4v) is 1.91. The highest BCUT2D eigenvalue weighted by Gasteiger charge is 2.30. The molecule has 0 aromatic carbocycles. The van der Waals surface area contributed by atoms with E-state index < -0.39 is 0 Å². The second-order valence-corrected chi connectivity index (χ2v) is 5.06. The molecule has 18 heavy (non-hydrogen) atoms. The van der Waals surface area contributed by atoms with Crippen molar-refractivity contribution in [3.8, 4) is 0 Å². The number of rotatable bonds is 4. The van der Waals surface area contributed by atoms with Crippen molar-refractivity contribution in [2.24, 2.45) is 0 Å². The molecule has 0 N–H and O–H groups in total. The van der Waals surface area contributed by atoms with Crippen molar-refractivity contribution in [1.29, 1.82) is 0 Å². The Morgan fingerprint density at radius 3 is 2.83 bits per heavy atom. The van der Waals surface area contributed by atoms with Gasteiger partial charge < -0.3 is 9.80 Å². The molecule has 1 saturated heterocycles.